The Bertz CT molecular complexity index is 388. The molecule has 5 nitrogen and oxygen atoms in total. The topological polar surface area (TPSA) is 73.9 Å². The van der Waals surface area contributed by atoms with Crippen LogP contribution in [0.15, 0.2) is 12.1 Å². The van der Waals surface area contributed by atoms with Gasteiger partial charge >= 0.3 is 0 Å². The van der Waals surface area contributed by atoms with E-state index in [1.165, 1.54) is 0 Å². The predicted molar refractivity (Wildman–Crippen MR) is 63.0 cm³/mol. The van der Waals surface area contributed by atoms with E-state index in [0.29, 0.717) is 25.6 Å². The Morgan fingerprint density at radius 3 is 2.76 bits per heavy atom. The van der Waals surface area contributed by atoms with Crippen LogP contribution in [0.25, 0.3) is 0 Å². The summed E-state index contributed by atoms with van der Waals surface area (Å²) < 4.78 is 16.3. The molecule has 1 heterocycles. The van der Waals surface area contributed by atoms with Crippen LogP contribution in [0.2, 0.25) is 0 Å². The Kier molecular flexibility index (Phi) is 3.71. The van der Waals surface area contributed by atoms with Gasteiger partial charge in [0, 0.05) is 5.56 Å². The quantitative estimate of drug-likeness (QED) is 0.621. The fourth-order valence-electron chi connectivity index (χ4n) is 1.73. The zero-order valence-corrected chi connectivity index (χ0v) is 9.81. The number of phenols is 1. The normalized spacial score (nSPS) is 17.0. The fraction of sp³-hybridized carbons (Fsp3) is 0.500. The minimum absolute atomic E-state index is 0.0357. The molecule has 0 amide bonds. The number of ether oxygens (including phenoxy) is 3. The molecule has 5 heteroatoms. The molecule has 1 aliphatic rings. The zero-order valence-electron chi connectivity index (χ0n) is 9.81. The Morgan fingerprint density at radius 1 is 1.41 bits per heavy atom. The van der Waals surface area contributed by atoms with Gasteiger partial charge in [0.1, 0.15) is 0 Å². The third kappa shape index (κ3) is 2.62. The first-order chi connectivity index (χ1) is 8.22. The van der Waals surface area contributed by atoms with Crippen LogP contribution in [-0.2, 0) is 9.47 Å². The van der Waals surface area contributed by atoms with Gasteiger partial charge in [0.2, 0.25) is 0 Å². The maximum absolute atomic E-state index is 9.72. The molecule has 94 valence electrons. The van der Waals surface area contributed by atoms with Crippen molar-refractivity contribution in [1.29, 1.82) is 0 Å². The van der Waals surface area contributed by atoms with Crippen molar-refractivity contribution in [2.75, 3.05) is 25.6 Å². The number of benzene rings is 1. The van der Waals surface area contributed by atoms with Crippen LogP contribution in [0.1, 0.15) is 25.2 Å². The predicted octanol–water partition coefficient (Wildman–Crippen LogP) is 1.81. The van der Waals surface area contributed by atoms with Gasteiger partial charge in [-0.25, -0.2) is 0 Å². The van der Waals surface area contributed by atoms with Crippen molar-refractivity contribution < 1.29 is 19.3 Å². The molecule has 1 saturated heterocycles. The van der Waals surface area contributed by atoms with E-state index in [4.69, 9.17) is 19.9 Å². The summed E-state index contributed by atoms with van der Waals surface area (Å²) in [5, 5.41) is 9.72. The van der Waals surface area contributed by atoms with Crippen LogP contribution < -0.4 is 10.5 Å². The number of phenolic OH excluding ortho intramolecular Hbond substituents is 1. The fourth-order valence-corrected chi connectivity index (χ4v) is 1.73. The number of aromatic hydroxyl groups is 1. The Hall–Kier alpha value is -1.46. The summed E-state index contributed by atoms with van der Waals surface area (Å²) in [6, 6.07) is 3.35. The van der Waals surface area contributed by atoms with Crippen molar-refractivity contribution in [1.82, 2.24) is 0 Å². The van der Waals surface area contributed by atoms with Gasteiger partial charge in [0.15, 0.2) is 17.8 Å². The number of anilines is 1. The van der Waals surface area contributed by atoms with Gasteiger partial charge in [-0.3, -0.25) is 0 Å². The second-order valence-corrected chi connectivity index (χ2v) is 3.82. The highest BCUT2D eigenvalue weighted by molar-refractivity contribution is 5.61. The molecule has 0 unspecified atom stereocenters. The first-order valence-corrected chi connectivity index (χ1v) is 5.70. The molecule has 1 fully saturated rings. The highest BCUT2D eigenvalue weighted by atomic mass is 16.7. The second kappa shape index (κ2) is 5.25. The summed E-state index contributed by atoms with van der Waals surface area (Å²) in [6.45, 7) is 3.63. The van der Waals surface area contributed by atoms with E-state index in [2.05, 4.69) is 0 Å². The molecule has 1 aromatic rings. The SMILES string of the molecule is CCOc1cc(C2OCCCO2)cc(N)c1O. The maximum atomic E-state index is 9.72. The summed E-state index contributed by atoms with van der Waals surface area (Å²) in [6.07, 6.45) is 0.466. The smallest absolute Gasteiger partial charge is 0.184 e. The summed E-state index contributed by atoms with van der Waals surface area (Å²) in [5.41, 5.74) is 6.75. The molecular formula is C12H17NO4. The van der Waals surface area contributed by atoms with Crippen molar-refractivity contribution in [3.05, 3.63) is 17.7 Å². The van der Waals surface area contributed by atoms with Gasteiger partial charge < -0.3 is 25.1 Å². The largest absolute Gasteiger partial charge is 0.503 e. The lowest BCUT2D eigenvalue weighted by atomic mass is 10.1. The highest BCUT2D eigenvalue weighted by Crippen LogP contribution is 2.37. The van der Waals surface area contributed by atoms with Crippen LogP contribution >= 0.6 is 0 Å². The van der Waals surface area contributed by atoms with Crippen molar-refractivity contribution in [2.24, 2.45) is 0 Å². The summed E-state index contributed by atoms with van der Waals surface area (Å²) in [5.74, 6) is 0.326. The molecule has 0 saturated carbocycles. The number of nitrogens with two attached hydrogens (primary N) is 1. The molecule has 0 atom stereocenters. The van der Waals surface area contributed by atoms with Gasteiger partial charge in [-0.1, -0.05) is 0 Å². The third-order valence-electron chi connectivity index (χ3n) is 2.53. The minimum atomic E-state index is -0.425. The van der Waals surface area contributed by atoms with Gasteiger partial charge in [0.05, 0.1) is 25.5 Å². The van der Waals surface area contributed by atoms with Crippen molar-refractivity contribution in [3.8, 4) is 11.5 Å². The number of nitrogen functional groups attached to an aromatic ring is 1. The standard InChI is InChI=1S/C12H17NO4/c1-2-15-10-7-8(6-9(13)11(10)14)12-16-4-3-5-17-12/h6-7,12,14H,2-5,13H2,1H3. The van der Waals surface area contributed by atoms with Gasteiger partial charge in [-0.05, 0) is 25.5 Å². The van der Waals surface area contributed by atoms with E-state index < -0.39 is 6.29 Å². The lowest BCUT2D eigenvalue weighted by Crippen LogP contribution is -2.18. The van der Waals surface area contributed by atoms with Gasteiger partial charge in [-0.2, -0.15) is 0 Å². The van der Waals surface area contributed by atoms with E-state index in [1.807, 2.05) is 6.92 Å². The van der Waals surface area contributed by atoms with Crippen LogP contribution in [0.5, 0.6) is 11.5 Å². The molecule has 2 rings (SSSR count). The summed E-state index contributed by atoms with van der Waals surface area (Å²) in [4.78, 5) is 0. The molecule has 0 aromatic heterocycles. The average molecular weight is 239 g/mol. The Balaban J connectivity index is 2.27. The first kappa shape index (κ1) is 12.0. The second-order valence-electron chi connectivity index (χ2n) is 3.82. The first-order valence-electron chi connectivity index (χ1n) is 5.70. The van der Waals surface area contributed by atoms with Crippen LogP contribution in [0.3, 0.4) is 0 Å². The molecule has 1 aliphatic heterocycles. The maximum Gasteiger partial charge on any atom is 0.184 e. The molecular weight excluding hydrogens is 222 g/mol. The van der Waals surface area contributed by atoms with Crippen LogP contribution in [0.4, 0.5) is 5.69 Å². The van der Waals surface area contributed by atoms with Crippen LogP contribution in [-0.4, -0.2) is 24.9 Å². The molecule has 1 aromatic carbocycles. The molecule has 17 heavy (non-hydrogen) atoms. The number of rotatable bonds is 3. The third-order valence-corrected chi connectivity index (χ3v) is 2.53. The molecule has 0 radical (unpaired) electrons. The molecule has 0 bridgehead atoms. The van der Waals surface area contributed by atoms with Crippen molar-refractivity contribution >= 4 is 5.69 Å². The molecule has 0 aliphatic carbocycles. The molecule has 3 N–H and O–H groups in total. The lowest BCUT2D eigenvalue weighted by molar-refractivity contribution is -0.183. The highest BCUT2D eigenvalue weighted by Gasteiger charge is 2.19. The van der Waals surface area contributed by atoms with E-state index in [9.17, 15) is 5.11 Å². The van der Waals surface area contributed by atoms with E-state index >= 15 is 0 Å². The van der Waals surface area contributed by atoms with Crippen LogP contribution in [0, 0.1) is 0 Å². The van der Waals surface area contributed by atoms with E-state index in [-0.39, 0.29) is 11.4 Å². The summed E-state index contributed by atoms with van der Waals surface area (Å²) >= 11 is 0. The monoisotopic (exact) mass is 239 g/mol. The number of hydrogen-bond donors (Lipinski definition) is 2. The minimum Gasteiger partial charge on any atom is -0.503 e. The van der Waals surface area contributed by atoms with E-state index in [0.717, 1.165) is 12.0 Å². The van der Waals surface area contributed by atoms with Gasteiger partial charge in [0.25, 0.3) is 0 Å². The Morgan fingerprint density at radius 2 is 2.12 bits per heavy atom. The summed E-state index contributed by atoms with van der Waals surface area (Å²) in [7, 11) is 0. The van der Waals surface area contributed by atoms with Crippen molar-refractivity contribution in [3.63, 3.8) is 0 Å². The molecule has 0 spiro atoms. The Labute approximate surface area is 100 Å². The average Bonchev–Trinajstić information content (AvgIpc) is 2.36. The van der Waals surface area contributed by atoms with Gasteiger partial charge in [-0.15, -0.1) is 0 Å². The lowest BCUT2D eigenvalue weighted by Gasteiger charge is -2.24. The number of hydrogen-bond acceptors (Lipinski definition) is 5. The van der Waals surface area contributed by atoms with E-state index in [1.54, 1.807) is 12.1 Å². The zero-order chi connectivity index (χ0) is 12.3. The van der Waals surface area contributed by atoms with Crippen molar-refractivity contribution in [2.45, 2.75) is 19.6 Å².